The van der Waals surface area contributed by atoms with E-state index in [-0.39, 0.29) is 11.3 Å². The molecule has 1 aliphatic heterocycles. The van der Waals surface area contributed by atoms with Crippen LogP contribution in [0.2, 0.25) is 0 Å². The topological polar surface area (TPSA) is 41.1 Å². The van der Waals surface area contributed by atoms with Gasteiger partial charge in [-0.05, 0) is 56.4 Å². The lowest BCUT2D eigenvalue weighted by Gasteiger charge is -2.35. The van der Waals surface area contributed by atoms with Crippen LogP contribution in [0.15, 0.2) is 0 Å². The summed E-state index contributed by atoms with van der Waals surface area (Å²) in [5.74, 6) is 1.45. The minimum atomic E-state index is 0.258. The fourth-order valence-electron chi connectivity index (χ4n) is 3.55. The van der Waals surface area contributed by atoms with Crippen molar-refractivity contribution in [3.8, 4) is 0 Å². The molecule has 1 unspecified atom stereocenters. The van der Waals surface area contributed by atoms with Gasteiger partial charge in [0.2, 0.25) is 5.91 Å². The van der Waals surface area contributed by atoms with Gasteiger partial charge in [0.05, 0.1) is 0 Å². The van der Waals surface area contributed by atoms with Gasteiger partial charge < -0.3 is 10.6 Å². The number of hydrogen-bond acceptors (Lipinski definition) is 2. The molecule has 1 amide bonds. The molecule has 0 aromatic carbocycles. The Hall–Kier alpha value is -0.570. The summed E-state index contributed by atoms with van der Waals surface area (Å²) in [6.45, 7) is 7.56. The highest BCUT2D eigenvalue weighted by Gasteiger charge is 2.30. The molecular formula is C16H30N2O. The quantitative estimate of drug-likeness (QED) is 0.821. The van der Waals surface area contributed by atoms with Gasteiger partial charge in [-0.3, -0.25) is 4.79 Å². The van der Waals surface area contributed by atoms with E-state index in [0.717, 1.165) is 38.4 Å². The van der Waals surface area contributed by atoms with E-state index in [0.29, 0.717) is 5.91 Å². The molecule has 3 heteroatoms. The first-order valence-electron chi connectivity index (χ1n) is 8.11. The molecule has 1 heterocycles. The number of piperidine rings is 1. The van der Waals surface area contributed by atoms with Crippen LogP contribution in [0, 0.1) is 17.3 Å². The Morgan fingerprint density at radius 3 is 2.63 bits per heavy atom. The Morgan fingerprint density at radius 2 is 2.05 bits per heavy atom. The molecule has 2 fully saturated rings. The van der Waals surface area contributed by atoms with E-state index in [2.05, 4.69) is 24.5 Å². The SMILES string of the molecule is CCC1CCC(C(=O)NCC2(C)CCCNC2)CC1. The molecule has 0 aromatic rings. The highest BCUT2D eigenvalue weighted by molar-refractivity contribution is 5.78. The second-order valence-corrected chi connectivity index (χ2v) is 6.93. The third-order valence-corrected chi connectivity index (χ3v) is 5.17. The summed E-state index contributed by atoms with van der Waals surface area (Å²) < 4.78 is 0. The van der Waals surface area contributed by atoms with Crippen molar-refractivity contribution in [3.63, 3.8) is 0 Å². The molecule has 0 bridgehead atoms. The zero-order valence-corrected chi connectivity index (χ0v) is 12.6. The lowest BCUT2D eigenvalue weighted by Crippen LogP contribution is -2.47. The average Bonchev–Trinajstić information content (AvgIpc) is 2.46. The van der Waals surface area contributed by atoms with Gasteiger partial charge in [-0.25, -0.2) is 0 Å². The van der Waals surface area contributed by atoms with Crippen LogP contribution in [0.3, 0.4) is 0 Å². The number of nitrogens with one attached hydrogen (secondary N) is 2. The predicted octanol–water partition coefficient (Wildman–Crippen LogP) is 2.71. The van der Waals surface area contributed by atoms with E-state index in [1.807, 2.05) is 0 Å². The van der Waals surface area contributed by atoms with Crippen molar-refractivity contribution < 1.29 is 4.79 Å². The molecule has 3 nitrogen and oxygen atoms in total. The third-order valence-electron chi connectivity index (χ3n) is 5.17. The van der Waals surface area contributed by atoms with Crippen molar-refractivity contribution in [2.24, 2.45) is 17.3 Å². The Labute approximate surface area is 117 Å². The zero-order chi connectivity index (χ0) is 13.7. The standard InChI is InChI=1S/C16H30N2O/c1-3-13-5-7-14(8-6-13)15(19)18-12-16(2)9-4-10-17-11-16/h13-14,17H,3-12H2,1-2H3,(H,18,19). The summed E-state index contributed by atoms with van der Waals surface area (Å²) in [5.41, 5.74) is 0.258. The van der Waals surface area contributed by atoms with Gasteiger partial charge in [-0.2, -0.15) is 0 Å². The number of carbonyl (C=O) groups excluding carboxylic acids is 1. The molecule has 0 aromatic heterocycles. The zero-order valence-electron chi connectivity index (χ0n) is 12.6. The molecule has 19 heavy (non-hydrogen) atoms. The molecule has 0 spiro atoms. The summed E-state index contributed by atoms with van der Waals surface area (Å²) in [6.07, 6.45) is 8.41. The van der Waals surface area contributed by atoms with Crippen molar-refractivity contribution in [1.82, 2.24) is 10.6 Å². The second-order valence-electron chi connectivity index (χ2n) is 6.93. The molecule has 2 aliphatic rings. The van der Waals surface area contributed by atoms with Crippen LogP contribution in [0.4, 0.5) is 0 Å². The summed E-state index contributed by atoms with van der Waals surface area (Å²) in [5, 5.41) is 6.66. The van der Waals surface area contributed by atoms with E-state index in [1.54, 1.807) is 0 Å². The maximum Gasteiger partial charge on any atom is 0.223 e. The van der Waals surface area contributed by atoms with Crippen LogP contribution in [-0.2, 0) is 4.79 Å². The van der Waals surface area contributed by atoms with Crippen molar-refractivity contribution in [2.45, 2.75) is 58.8 Å². The average molecular weight is 266 g/mol. The molecular weight excluding hydrogens is 236 g/mol. The first kappa shape index (κ1) is 14.8. The van der Waals surface area contributed by atoms with E-state index >= 15 is 0 Å². The summed E-state index contributed by atoms with van der Waals surface area (Å²) >= 11 is 0. The molecule has 1 saturated carbocycles. The lowest BCUT2D eigenvalue weighted by molar-refractivity contribution is -0.126. The second kappa shape index (κ2) is 6.74. The van der Waals surface area contributed by atoms with Crippen LogP contribution in [0.5, 0.6) is 0 Å². The van der Waals surface area contributed by atoms with Gasteiger partial charge in [0.25, 0.3) is 0 Å². The largest absolute Gasteiger partial charge is 0.355 e. The molecule has 110 valence electrons. The van der Waals surface area contributed by atoms with Crippen LogP contribution in [-0.4, -0.2) is 25.5 Å². The molecule has 1 atom stereocenters. The Bertz CT molecular complexity index is 289. The summed E-state index contributed by atoms with van der Waals surface area (Å²) in [4.78, 5) is 12.2. The minimum absolute atomic E-state index is 0.258. The number of hydrogen-bond donors (Lipinski definition) is 2. The number of rotatable bonds is 4. The maximum absolute atomic E-state index is 12.2. The van der Waals surface area contributed by atoms with Crippen LogP contribution in [0.25, 0.3) is 0 Å². The normalized spacial score (nSPS) is 35.9. The van der Waals surface area contributed by atoms with Gasteiger partial charge in [-0.15, -0.1) is 0 Å². The maximum atomic E-state index is 12.2. The first-order valence-corrected chi connectivity index (χ1v) is 8.11. The highest BCUT2D eigenvalue weighted by Crippen LogP contribution is 2.31. The lowest BCUT2D eigenvalue weighted by atomic mass is 9.79. The smallest absolute Gasteiger partial charge is 0.223 e. The van der Waals surface area contributed by atoms with E-state index in [9.17, 15) is 4.79 Å². The van der Waals surface area contributed by atoms with Crippen LogP contribution < -0.4 is 10.6 Å². The number of carbonyl (C=O) groups is 1. The minimum Gasteiger partial charge on any atom is -0.355 e. The molecule has 0 radical (unpaired) electrons. The molecule has 2 N–H and O–H groups in total. The summed E-state index contributed by atoms with van der Waals surface area (Å²) in [7, 11) is 0. The fraction of sp³-hybridized carbons (Fsp3) is 0.938. The van der Waals surface area contributed by atoms with Gasteiger partial charge in [-0.1, -0.05) is 20.3 Å². The van der Waals surface area contributed by atoms with Crippen LogP contribution >= 0.6 is 0 Å². The van der Waals surface area contributed by atoms with Crippen LogP contribution in [0.1, 0.15) is 58.8 Å². The van der Waals surface area contributed by atoms with Crippen molar-refractivity contribution in [3.05, 3.63) is 0 Å². The summed E-state index contributed by atoms with van der Waals surface area (Å²) in [6, 6.07) is 0. The third kappa shape index (κ3) is 4.20. The number of amides is 1. The van der Waals surface area contributed by atoms with Gasteiger partial charge in [0, 0.05) is 19.0 Å². The molecule has 1 aliphatic carbocycles. The Balaban J connectivity index is 1.72. The van der Waals surface area contributed by atoms with E-state index in [4.69, 9.17) is 0 Å². The Kier molecular flexibility index (Phi) is 5.26. The van der Waals surface area contributed by atoms with Gasteiger partial charge in [0.15, 0.2) is 0 Å². The monoisotopic (exact) mass is 266 g/mol. The molecule has 1 saturated heterocycles. The van der Waals surface area contributed by atoms with E-state index < -0.39 is 0 Å². The van der Waals surface area contributed by atoms with Gasteiger partial charge >= 0.3 is 0 Å². The Morgan fingerprint density at radius 1 is 1.32 bits per heavy atom. The molecule has 2 rings (SSSR count). The van der Waals surface area contributed by atoms with Gasteiger partial charge in [0.1, 0.15) is 0 Å². The predicted molar refractivity (Wildman–Crippen MR) is 79.0 cm³/mol. The highest BCUT2D eigenvalue weighted by atomic mass is 16.1. The first-order chi connectivity index (χ1) is 9.13. The van der Waals surface area contributed by atoms with E-state index in [1.165, 1.54) is 32.1 Å². The van der Waals surface area contributed by atoms with Crippen molar-refractivity contribution in [1.29, 1.82) is 0 Å². The van der Waals surface area contributed by atoms with Crippen molar-refractivity contribution >= 4 is 5.91 Å². The van der Waals surface area contributed by atoms with Crippen molar-refractivity contribution in [2.75, 3.05) is 19.6 Å². The fourth-order valence-corrected chi connectivity index (χ4v) is 3.55.